The molecule has 0 aliphatic rings. The lowest BCUT2D eigenvalue weighted by Gasteiger charge is -2.11. The van der Waals surface area contributed by atoms with Crippen LogP contribution in [0.3, 0.4) is 0 Å². The first-order valence-electron chi connectivity index (χ1n) is 6.38. The van der Waals surface area contributed by atoms with Gasteiger partial charge in [-0.25, -0.2) is 9.97 Å². The molecule has 0 spiro atoms. The molecule has 21 heavy (non-hydrogen) atoms. The van der Waals surface area contributed by atoms with E-state index in [0.29, 0.717) is 5.13 Å². The van der Waals surface area contributed by atoms with Crippen LogP contribution in [-0.4, -0.2) is 25.4 Å². The molecule has 0 saturated carbocycles. The van der Waals surface area contributed by atoms with Crippen LogP contribution < -0.4 is 5.32 Å². The Balaban J connectivity index is 1.71. The molecule has 1 amide bonds. The van der Waals surface area contributed by atoms with E-state index in [0.717, 1.165) is 11.3 Å². The van der Waals surface area contributed by atoms with E-state index in [1.807, 2.05) is 24.4 Å². The number of rotatable bonds is 4. The number of thiazole rings is 1. The zero-order chi connectivity index (χ0) is 14.7. The molecule has 3 aromatic rings. The van der Waals surface area contributed by atoms with E-state index < -0.39 is 0 Å². The summed E-state index contributed by atoms with van der Waals surface area (Å²) in [5.41, 5.74) is 1.73. The predicted octanol–water partition coefficient (Wildman–Crippen LogP) is 2.60. The van der Waals surface area contributed by atoms with Gasteiger partial charge in [0.05, 0.1) is 12.0 Å². The third-order valence-corrected chi connectivity index (χ3v) is 3.80. The van der Waals surface area contributed by atoms with E-state index >= 15 is 0 Å². The zero-order valence-corrected chi connectivity index (χ0v) is 12.1. The lowest BCUT2D eigenvalue weighted by Crippen LogP contribution is -2.22. The number of nitrogens with zero attached hydrogens (tertiary/aromatic N) is 4. The fourth-order valence-corrected chi connectivity index (χ4v) is 2.54. The minimum absolute atomic E-state index is 0.125. The maximum Gasteiger partial charge on any atom is 0.248 e. The molecule has 0 bridgehead atoms. The predicted molar refractivity (Wildman–Crippen MR) is 80.9 cm³/mol. The van der Waals surface area contributed by atoms with Crippen molar-refractivity contribution in [1.29, 1.82) is 0 Å². The summed E-state index contributed by atoms with van der Waals surface area (Å²) in [5, 5.41) is 5.29. The maximum atomic E-state index is 12.2. The van der Waals surface area contributed by atoms with Crippen LogP contribution in [0.5, 0.6) is 0 Å². The second-order valence-electron chi connectivity index (χ2n) is 4.45. The van der Waals surface area contributed by atoms with Crippen LogP contribution in [0, 0.1) is 0 Å². The summed E-state index contributed by atoms with van der Waals surface area (Å²) in [6.07, 6.45) is 8.48. The summed E-state index contributed by atoms with van der Waals surface area (Å²) in [5.74, 6) is -0.125. The average molecular weight is 299 g/mol. The number of hydrogen-bond acceptors (Lipinski definition) is 5. The van der Waals surface area contributed by atoms with E-state index in [1.165, 1.54) is 11.3 Å². The van der Waals surface area contributed by atoms with Crippen molar-refractivity contribution in [3.05, 3.63) is 48.6 Å². The second-order valence-corrected chi connectivity index (χ2v) is 5.31. The first-order valence-corrected chi connectivity index (χ1v) is 7.26. The maximum absolute atomic E-state index is 12.2. The van der Waals surface area contributed by atoms with Gasteiger partial charge in [-0.1, -0.05) is 0 Å². The van der Waals surface area contributed by atoms with E-state index in [9.17, 15) is 4.79 Å². The summed E-state index contributed by atoms with van der Waals surface area (Å²) in [7, 11) is 0. The summed E-state index contributed by atoms with van der Waals surface area (Å²) in [6.45, 7) is 1.81. The van der Waals surface area contributed by atoms with Crippen LogP contribution in [0.2, 0.25) is 0 Å². The third-order valence-electron chi connectivity index (χ3n) is 3.04. The van der Waals surface area contributed by atoms with Crippen LogP contribution in [0.1, 0.15) is 13.0 Å². The molecule has 0 aliphatic heterocycles. The van der Waals surface area contributed by atoms with Gasteiger partial charge in [-0.3, -0.25) is 9.78 Å². The Morgan fingerprint density at radius 1 is 1.38 bits per heavy atom. The standard InChI is InChI=1S/C14H13N5OS/c1-10(19-6-5-16-9-19)13(20)18-14-17-12(8-21-14)11-3-2-4-15-7-11/h2-10H,1H3,(H,17,18,20)/t10-/m0/s1. The number of anilines is 1. The molecule has 0 radical (unpaired) electrons. The number of pyridine rings is 1. The summed E-state index contributed by atoms with van der Waals surface area (Å²) >= 11 is 1.39. The number of carbonyl (C=O) groups excluding carboxylic acids is 1. The summed E-state index contributed by atoms with van der Waals surface area (Å²) < 4.78 is 1.74. The van der Waals surface area contributed by atoms with Crippen LogP contribution in [0.4, 0.5) is 5.13 Å². The SMILES string of the molecule is C[C@@H](C(=O)Nc1nc(-c2cccnc2)cs1)n1ccnc1. The molecule has 1 N–H and O–H groups in total. The summed E-state index contributed by atoms with van der Waals surface area (Å²) in [6, 6.07) is 3.45. The fraction of sp³-hybridized carbons (Fsp3) is 0.143. The van der Waals surface area contributed by atoms with Gasteiger partial charge in [0.15, 0.2) is 5.13 Å². The molecule has 0 saturated heterocycles. The van der Waals surface area contributed by atoms with Crippen LogP contribution >= 0.6 is 11.3 Å². The van der Waals surface area contributed by atoms with Crippen molar-refractivity contribution in [2.75, 3.05) is 5.32 Å². The zero-order valence-electron chi connectivity index (χ0n) is 11.3. The minimum atomic E-state index is -0.335. The van der Waals surface area contributed by atoms with Gasteiger partial charge < -0.3 is 9.88 Å². The van der Waals surface area contributed by atoms with Gasteiger partial charge in [0.1, 0.15) is 6.04 Å². The quantitative estimate of drug-likeness (QED) is 0.803. The van der Waals surface area contributed by atoms with Crippen molar-refractivity contribution < 1.29 is 4.79 Å². The van der Waals surface area contributed by atoms with Gasteiger partial charge in [-0.05, 0) is 19.1 Å². The minimum Gasteiger partial charge on any atom is -0.325 e. The van der Waals surface area contributed by atoms with Gasteiger partial charge in [-0.15, -0.1) is 11.3 Å². The van der Waals surface area contributed by atoms with Crippen molar-refractivity contribution >= 4 is 22.4 Å². The van der Waals surface area contributed by atoms with Gasteiger partial charge in [-0.2, -0.15) is 0 Å². The fourth-order valence-electron chi connectivity index (χ4n) is 1.82. The third kappa shape index (κ3) is 2.97. The van der Waals surface area contributed by atoms with Gasteiger partial charge in [0.2, 0.25) is 5.91 Å². The summed E-state index contributed by atoms with van der Waals surface area (Å²) in [4.78, 5) is 24.6. The number of imidazole rings is 1. The molecule has 106 valence electrons. The Labute approximate surface area is 125 Å². The van der Waals surface area contributed by atoms with Crippen molar-refractivity contribution in [3.8, 4) is 11.3 Å². The highest BCUT2D eigenvalue weighted by Crippen LogP contribution is 2.24. The molecule has 0 unspecified atom stereocenters. The topological polar surface area (TPSA) is 72.7 Å². The van der Waals surface area contributed by atoms with Crippen molar-refractivity contribution in [2.24, 2.45) is 0 Å². The molecule has 0 aliphatic carbocycles. The number of amides is 1. The van der Waals surface area contributed by atoms with Crippen LogP contribution in [0.15, 0.2) is 48.6 Å². The number of aromatic nitrogens is 4. The Hall–Kier alpha value is -2.54. The lowest BCUT2D eigenvalue weighted by molar-refractivity contribution is -0.118. The highest BCUT2D eigenvalue weighted by Gasteiger charge is 2.16. The first kappa shape index (κ1) is 13.4. The molecule has 7 heteroatoms. The highest BCUT2D eigenvalue weighted by atomic mass is 32.1. The van der Waals surface area contributed by atoms with Gasteiger partial charge in [0, 0.05) is 35.7 Å². The van der Waals surface area contributed by atoms with E-state index in [2.05, 4.69) is 20.3 Å². The largest absolute Gasteiger partial charge is 0.325 e. The second kappa shape index (κ2) is 5.84. The molecular weight excluding hydrogens is 286 g/mol. The molecular formula is C14H13N5OS. The lowest BCUT2D eigenvalue weighted by atomic mass is 10.2. The molecule has 3 aromatic heterocycles. The monoisotopic (exact) mass is 299 g/mol. The van der Waals surface area contributed by atoms with Crippen molar-refractivity contribution in [2.45, 2.75) is 13.0 Å². The number of nitrogens with one attached hydrogen (secondary N) is 1. The molecule has 3 heterocycles. The van der Waals surface area contributed by atoms with Crippen LogP contribution in [-0.2, 0) is 4.79 Å². The Morgan fingerprint density at radius 2 is 2.29 bits per heavy atom. The molecule has 1 atom stereocenters. The molecule has 0 fully saturated rings. The highest BCUT2D eigenvalue weighted by molar-refractivity contribution is 7.14. The normalized spacial score (nSPS) is 12.0. The molecule has 0 aromatic carbocycles. The van der Waals surface area contributed by atoms with E-state index in [1.54, 1.807) is 35.7 Å². The van der Waals surface area contributed by atoms with Crippen molar-refractivity contribution in [1.82, 2.24) is 19.5 Å². The van der Waals surface area contributed by atoms with Gasteiger partial charge in [0.25, 0.3) is 0 Å². The van der Waals surface area contributed by atoms with Crippen LogP contribution in [0.25, 0.3) is 11.3 Å². The Bertz CT molecular complexity index is 723. The van der Waals surface area contributed by atoms with E-state index in [4.69, 9.17) is 0 Å². The number of carbonyl (C=O) groups is 1. The number of hydrogen-bond donors (Lipinski definition) is 1. The Kier molecular flexibility index (Phi) is 3.74. The van der Waals surface area contributed by atoms with Crippen molar-refractivity contribution in [3.63, 3.8) is 0 Å². The smallest absolute Gasteiger partial charge is 0.248 e. The average Bonchev–Trinajstić information content (AvgIpc) is 3.19. The van der Waals surface area contributed by atoms with Gasteiger partial charge >= 0.3 is 0 Å². The first-order chi connectivity index (χ1) is 10.2. The Morgan fingerprint density at radius 3 is 3.00 bits per heavy atom. The molecule has 3 rings (SSSR count). The van der Waals surface area contributed by atoms with E-state index in [-0.39, 0.29) is 11.9 Å². The molecule has 6 nitrogen and oxygen atoms in total.